The van der Waals surface area contributed by atoms with Gasteiger partial charge in [0.2, 0.25) is 0 Å². The molecule has 0 saturated carbocycles. The molecular formula is C31H32FN5O2S. The minimum atomic E-state index is -0.529. The Morgan fingerprint density at radius 2 is 2.00 bits per heavy atom. The summed E-state index contributed by atoms with van der Waals surface area (Å²) in [6.45, 7) is 5.34. The number of ketones is 1. The fraction of sp³-hybridized carbons (Fsp3) is 0.290. The summed E-state index contributed by atoms with van der Waals surface area (Å²) in [6, 6.07) is 12.8. The first-order valence-electron chi connectivity index (χ1n) is 13.4. The Kier molecular flexibility index (Phi) is 8.50. The van der Waals surface area contributed by atoms with Gasteiger partial charge in [0.1, 0.15) is 11.6 Å². The van der Waals surface area contributed by atoms with Crippen LogP contribution in [0.4, 0.5) is 4.39 Å². The number of nitrogens with two attached hydrogens (primary N) is 1. The van der Waals surface area contributed by atoms with Gasteiger partial charge in [0.25, 0.3) is 0 Å². The molecule has 1 fully saturated rings. The van der Waals surface area contributed by atoms with Crippen molar-refractivity contribution in [2.75, 3.05) is 13.1 Å². The number of hydrogen-bond acceptors (Lipinski definition) is 8. The summed E-state index contributed by atoms with van der Waals surface area (Å²) in [6.07, 6.45) is 9.66. The van der Waals surface area contributed by atoms with Crippen LogP contribution in [0.2, 0.25) is 0 Å². The number of Topliss-reactive ketones (excluding diaryl/α,β-unsaturated/α-hetero) is 1. The van der Waals surface area contributed by atoms with Gasteiger partial charge >= 0.3 is 0 Å². The SMILES string of the molecule is CC/C=C(\c1cc(C(C)=O)c2cc(OCc3nc4ccccc4s3)c(F)cc2n1)N1CCC(N=C/C=C\N)CC1. The van der Waals surface area contributed by atoms with E-state index in [9.17, 15) is 4.79 Å². The average Bonchev–Trinajstić information content (AvgIpc) is 3.38. The molecule has 40 heavy (non-hydrogen) atoms. The fourth-order valence-electron chi connectivity index (χ4n) is 4.95. The summed E-state index contributed by atoms with van der Waals surface area (Å²) in [5, 5.41) is 1.31. The molecular weight excluding hydrogens is 525 g/mol. The minimum absolute atomic E-state index is 0.0697. The number of piperidine rings is 1. The van der Waals surface area contributed by atoms with Gasteiger partial charge < -0.3 is 15.4 Å². The van der Waals surface area contributed by atoms with Crippen molar-refractivity contribution in [3.8, 4) is 5.75 Å². The maximum absolute atomic E-state index is 15.2. The van der Waals surface area contributed by atoms with E-state index in [-0.39, 0.29) is 24.2 Å². The molecule has 1 aliphatic heterocycles. The molecule has 206 valence electrons. The third-order valence-corrected chi connectivity index (χ3v) is 7.90. The smallest absolute Gasteiger partial charge is 0.167 e. The molecule has 2 aromatic heterocycles. The number of thiazole rings is 1. The van der Waals surface area contributed by atoms with Crippen LogP contribution in [0.25, 0.3) is 26.8 Å². The monoisotopic (exact) mass is 557 g/mol. The van der Waals surface area contributed by atoms with Crippen molar-refractivity contribution in [1.29, 1.82) is 0 Å². The fourth-order valence-corrected chi connectivity index (χ4v) is 5.83. The predicted octanol–water partition coefficient (Wildman–Crippen LogP) is 6.52. The van der Waals surface area contributed by atoms with Gasteiger partial charge in [0.15, 0.2) is 17.3 Å². The predicted molar refractivity (Wildman–Crippen MR) is 160 cm³/mol. The number of aromatic nitrogens is 2. The number of halogens is 1. The number of likely N-dealkylation sites (tertiary alicyclic amines) is 1. The number of aliphatic imine (C=N–C) groups is 1. The number of para-hydroxylation sites is 1. The van der Waals surface area contributed by atoms with E-state index in [1.807, 2.05) is 30.3 Å². The van der Waals surface area contributed by atoms with Crippen LogP contribution in [0.15, 0.2) is 65.8 Å². The minimum Gasteiger partial charge on any atom is -0.483 e. The molecule has 0 atom stereocenters. The molecule has 0 unspecified atom stereocenters. The highest BCUT2D eigenvalue weighted by Crippen LogP contribution is 2.32. The summed E-state index contributed by atoms with van der Waals surface area (Å²) < 4.78 is 22.1. The van der Waals surface area contributed by atoms with Gasteiger partial charge in [-0.3, -0.25) is 9.79 Å². The molecule has 0 spiro atoms. The molecule has 0 amide bonds. The summed E-state index contributed by atoms with van der Waals surface area (Å²) in [4.78, 5) is 29.0. The summed E-state index contributed by atoms with van der Waals surface area (Å²) >= 11 is 1.51. The molecule has 2 N–H and O–H groups in total. The van der Waals surface area contributed by atoms with Crippen molar-refractivity contribution in [3.05, 3.63) is 82.9 Å². The first kappa shape index (κ1) is 27.5. The highest BCUT2D eigenvalue weighted by molar-refractivity contribution is 7.18. The lowest BCUT2D eigenvalue weighted by molar-refractivity contribution is 0.101. The number of carbonyl (C=O) groups excluding carboxylic acids is 1. The summed E-state index contributed by atoms with van der Waals surface area (Å²) in [7, 11) is 0. The van der Waals surface area contributed by atoms with Gasteiger partial charge in [-0.15, -0.1) is 11.3 Å². The molecule has 0 aliphatic carbocycles. The summed E-state index contributed by atoms with van der Waals surface area (Å²) in [5.74, 6) is -0.576. The van der Waals surface area contributed by atoms with Crippen LogP contribution in [0.3, 0.4) is 0 Å². The number of fused-ring (bicyclic) bond motifs is 2. The third kappa shape index (κ3) is 6.04. The zero-order valence-electron chi connectivity index (χ0n) is 22.6. The number of carbonyl (C=O) groups is 1. The Hall–Kier alpha value is -4.11. The van der Waals surface area contributed by atoms with Crippen LogP contribution >= 0.6 is 11.3 Å². The Bertz CT molecular complexity index is 1590. The molecule has 0 radical (unpaired) electrons. The van der Waals surface area contributed by atoms with Gasteiger partial charge in [-0.2, -0.15) is 0 Å². The standard InChI is InChI=1S/C31H32FN5O2S/c1-3-7-28(37-14-10-21(11-15-37)34-13-6-12-33)27-16-22(20(2)38)23-17-29(24(32)18-26(23)35-27)39-19-31-36-25-8-4-5-9-30(25)40-31/h4-9,12-13,16-18,21H,3,10-11,14-15,19,33H2,1-2H3/b12-6-,28-7+,34-13?. The number of benzene rings is 2. The van der Waals surface area contributed by atoms with E-state index < -0.39 is 5.82 Å². The van der Waals surface area contributed by atoms with Crippen molar-refractivity contribution in [2.24, 2.45) is 10.7 Å². The van der Waals surface area contributed by atoms with Crippen molar-refractivity contribution in [1.82, 2.24) is 14.9 Å². The van der Waals surface area contributed by atoms with Crippen molar-refractivity contribution in [2.45, 2.75) is 45.8 Å². The zero-order valence-corrected chi connectivity index (χ0v) is 23.5. The van der Waals surface area contributed by atoms with E-state index in [2.05, 4.69) is 27.9 Å². The van der Waals surface area contributed by atoms with Gasteiger partial charge in [0.05, 0.1) is 33.2 Å². The van der Waals surface area contributed by atoms with Crippen LogP contribution in [-0.4, -0.2) is 46.0 Å². The normalized spacial score (nSPS) is 15.2. The first-order valence-corrected chi connectivity index (χ1v) is 14.3. The van der Waals surface area contributed by atoms with Gasteiger partial charge in [-0.1, -0.05) is 25.1 Å². The molecule has 7 nitrogen and oxygen atoms in total. The van der Waals surface area contributed by atoms with Crippen LogP contribution in [0, 0.1) is 5.82 Å². The van der Waals surface area contributed by atoms with Crippen LogP contribution in [0.1, 0.15) is 54.2 Å². The maximum atomic E-state index is 15.2. The van der Waals surface area contributed by atoms with Crippen LogP contribution in [0.5, 0.6) is 5.75 Å². The lowest BCUT2D eigenvalue weighted by atomic mass is 10.0. The van der Waals surface area contributed by atoms with Crippen molar-refractivity contribution < 1.29 is 13.9 Å². The lowest BCUT2D eigenvalue weighted by Crippen LogP contribution is -2.34. The van der Waals surface area contributed by atoms with Crippen LogP contribution < -0.4 is 10.5 Å². The van der Waals surface area contributed by atoms with Gasteiger partial charge in [-0.25, -0.2) is 14.4 Å². The lowest BCUT2D eigenvalue weighted by Gasteiger charge is -2.34. The van der Waals surface area contributed by atoms with E-state index in [0.717, 1.165) is 53.3 Å². The van der Waals surface area contributed by atoms with E-state index in [4.69, 9.17) is 15.5 Å². The number of allylic oxidation sites excluding steroid dienone is 2. The Balaban J connectivity index is 1.42. The largest absolute Gasteiger partial charge is 0.483 e. The molecule has 0 bridgehead atoms. The second kappa shape index (κ2) is 12.4. The summed E-state index contributed by atoms with van der Waals surface area (Å²) in [5.41, 5.74) is 8.80. The van der Waals surface area contributed by atoms with E-state index >= 15 is 4.39 Å². The molecule has 5 rings (SSSR count). The van der Waals surface area contributed by atoms with Crippen molar-refractivity contribution >= 4 is 50.2 Å². The molecule has 1 saturated heterocycles. The number of rotatable bonds is 9. The second-order valence-electron chi connectivity index (χ2n) is 9.67. The Morgan fingerprint density at radius 3 is 2.73 bits per heavy atom. The zero-order chi connectivity index (χ0) is 28.1. The number of nitrogens with zero attached hydrogens (tertiary/aromatic N) is 4. The molecule has 4 aromatic rings. The van der Waals surface area contributed by atoms with E-state index in [1.54, 1.807) is 18.4 Å². The van der Waals surface area contributed by atoms with Gasteiger partial charge in [0, 0.05) is 36.3 Å². The van der Waals surface area contributed by atoms with E-state index in [0.29, 0.717) is 22.2 Å². The molecule has 3 heterocycles. The van der Waals surface area contributed by atoms with Crippen molar-refractivity contribution in [3.63, 3.8) is 0 Å². The van der Waals surface area contributed by atoms with Gasteiger partial charge in [-0.05, 0) is 62.7 Å². The number of pyridine rings is 1. The number of ether oxygens (including phenoxy) is 1. The Labute approximate surface area is 236 Å². The van der Waals surface area contributed by atoms with E-state index in [1.165, 1.54) is 30.5 Å². The molecule has 9 heteroatoms. The number of hydrogen-bond donors (Lipinski definition) is 1. The molecule has 1 aliphatic rings. The Morgan fingerprint density at radius 1 is 1.20 bits per heavy atom. The highest BCUT2D eigenvalue weighted by atomic mass is 32.1. The third-order valence-electron chi connectivity index (χ3n) is 6.89. The maximum Gasteiger partial charge on any atom is 0.167 e. The first-order chi connectivity index (χ1) is 19.5. The topological polar surface area (TPSA) is 93.7 Å². The second-order valence-corrected chi connectivity index (χ2v) is 10.8. The highest BCUT2D eigenvalue weighted by Gasteiger charge is 2.23. The van der Waals surface area contributed by atoms with Crippen LogP contribution in [-0.2, 0) is 6.61 Å². The molecule has 2 aromatic carbocycles. The average molecular weight is 558 g/mol. The quantitative estimate of drug-likeness (QED) is 0.186.